The van der Waals surface area contributed by atoms with Crippen LogP contribution in [0, 0.1) is 38.6 Å². The fraction of sp³-hybridized carbons (Fsp3) is 0.380. The molecule has 4 aliphatic rings. The van der Waals surface area contributed by atoms with E-state index in [1.165, 1.54) is 84.0 Å². The minimum atomic E-state index is -0.811. The van der Waals surface area contributed by atoms with E-state index >= 15 is 4.79 Å². The van der Waals surface area contributed by atoms with Gasteiger partial charge in [0.05, 0.1) is 6.33 Å². The van der Waals surface area contributed by atoms with Crippen molar-refractivity contribution in [3.05, 3.63) is 159 Å². The zero-order valence-corrected chi connectivity index (χ0v) is 59.2. The minimum Gasteiger partial charge on any atom is -0.871 e. The number of hydrogen-bond donors (Lipinski definition) is 10. The number of fused-ring (bicyclic) bond motifs is 17. The first kappa shape index (κ1) is 78.0. The van der Waals surface area contributed by atoms with Crippen LogP contribution in [0.25, 0.3) is 11.2 Å². The Morgan fingerprint density at radius 2 is 0.788 bits per heavy atom. The third-order valence-electron chi connectivity index (χ3n) is 17.9. The van der Waals surface area contributed by atoms with Crippen molar-refractivity contribution in [1.29, 1.82) is 0 Å². The molecule has 2 atom stereocenters. The van der Waals surface area contributed by atoms with Crippen molar-refractivity contribution in [2.24, 2.45) is 0 Å². The first-order chi connectivity index (χ1) is 49.9. The molecule has 11 N–H and O–H groups in total. The van der Waals surface area contributed by atoms with Gasteiger partial charge < -0.3 is 83.3 Å². The summed E-state index contributed by atoms with van der Waals surface area (Å²) in [6, 6.07) is 23.7. The number of nitrogen functional groups attached to an aromatic ring is 1. The van der Waals surface area contributed by atoms with E-state index < -0.39 is 70.3 Å². The van der Waals surface area contributed by atoms with Crippen molar-refractivity contribution in [3.63, 3.8) is 0 Å². The molecule has 2 unspecified atom stereocenters. The largest absolute Gasteiger partial charge is 3.00 e. The van der Waals surface area contributed by atoms with Gasteiger partial charge in [0.2, 0.25) is 17.7 Å². The fourth-order valence-corrected chi connectivity index (χ4v) is 12.1. The Kier molecular flexibility index (Phi) is 28.7. The van der Waals surface area contributed by atoms with Crippen LogP contribution in [-0.4, -0.2) is 235 Å². The van der Waals surface area contributed by atoms with E-state index in [4.69, 9.17) is 10.5 Å². The van der Waals surface area contributed by atoms with Crippen LogP contribution < -0.4 is 73.4 Å². The summed E-state index contributed by atoms with van der Waals surface area (Å²) < 4.78 is 5.90. The van der Waals surface area contributed by atoms with Crippen molar-refractivity contribution < 1.29 is 107 Å². The summed E-state index contributed by atoms with van der Waals surface area (Å²) in [5.74, 6) is -9.11. The van der Waals surface area contributed by atoms with Gasteiger partial charge in [-0.25, -0.2) is 4.98 Å². The number of imidazole rings is 1. The summed E-state index contributed by atoms with van der Waals surface area (Å²) in [7, 11) is 0. The smallest absolute Gasteiger partial charge is 0.871 e. The zero-order chi connectivity index (χ0) is 72.8. The Morgan fingerprint density at radius 3 is 1.18 bits per heavy atom. The molecule has 0 saturated heterocycles. The van der Waals surface area contributed by atoms with Gasteiger partial charge in [0.25, 0.3) is 47.3 Å². The number of para-hydroxylation sites is 4. The monoisotopic (exact) mass is 1570 g/mol. The molecule has 4 aliphatic heterocycles. The number of nitrogens with two attached hydrogens (primary N) is 1. The Hall–Kier alpha value is -10.2. The molecule has 7 aromatic rings. The Labute approximate surface area is 630 Å². The molecule has 0 aliphatic carbocycles. The number of nitrogens with one attached hydrogen (secondary N) is 9. The Bertz CT molecular complexity index is 4130. The topological polar surface area (TPSA) is 448 Å². The van der Waals surface area contributed by atoms with Crippen molar-refractivity contribution in [3.8, 4) is 28.9 Å². The van der Waals surface area contributed by atoms with Crippen LogP contribution in [0.1, 0.15) is 120 Å². The van der Waals surface area contributed by atoms with E-state index in [0.29, 0.717) is 30.4 Å². The molecule has 32 nitrogen and oxygen atoms in total. The summed E-state index contributed by atoms with van der Waals surface area (Å²) in [6.45, 7) is 1.54. The Morgan fingerprint density at radius 1 is 0.442 bits per heavy atom. The average Bonchev–Trinajstić information content (AvgIpc) is 1.56. The number of unbranched alkanes of at least 4 members (excludes halogenated alkanes) is 2. The van der Waals surface area contributed by atoms with E-state index in [9.17, 15) is 58.8 Å². The van der Waals surface area contributed by atoms with Crippen molar-refractivity contribution in [2.75, 3.05) is 143 Å². The standard InChI is InChI=1S/C71H86N18O14.Tb/c72-71-83-61-56(81-44-82-61)69(84-71)103-43-46-19-17-45(18-20-46)42-80-55(90)16-2-1-3-28-89-41-40-88-35-27-79-67(100)52-13-6-12-51(59(52)93)64(97)75-23-31-86(32-26-78-68(101)53-14-7-15-54(60(53)94)70(89)102)37-36-85-29-21-73-62(95)47-8-4-10-49(57(47)91)65(98)76-24-33-87(38-39-88)34-25-77-66(99)50-11-5-9-48(58(50)92)63(96)74-22-30-85;/h4-15,17-20,44,91-94H,1-3,16,21-43H2,(H,73,95)(H,74,96)(H,75,97)(H,76,98)(H,77,99)(H,78,101)(H,79,100)(H,80,90)(H3,72,81,82,83,84);/q;+3/p-4. The number of aromatic amines is 1. The van der Waals surface area contributed by atoms with Gasteiger partial charge in [-0.2, -0.15) is 9.97 Å². The van der Waals surface area contributed by atoms with E-state index in [2.05, 4.69) is 62.5 Å². The predicted molar refractivity (Wildman–Crippen MR) is 369 cm³/mol. The molecule has 0 fully saturated rings. The summed E-state index contributed by atoms with van der Waals surface area (Å²) in [4.78, 5) is 150. The van der Waals surface area contributed by atoms with Gasteiger partial charge in [0, 0.05) is 195 Å². The van der Waals surface area contributed by atoms with Crippen molar-refractivity contribution in [1.82, 2.24) is 87.0 Å². The van der Waals surface area contributed by atoms with Crippen LogP contribution in [0.4, 0.5) is 5.95 Å². The van der Waals surface area contributed by atoms with Crippen molar-refractivity contribution >= 4 is 70.3 Å². The van der Waals surface area contributed by atoms with Gasteiger partial charge in [-0.05, 0) is 24.0 Å². The van der Waals surface area contributed by atoms with E-state index in [0.717, 1.165) is 11.1 Å². The predicted octanol–water partition coefficient (Wildman–Crippen LogP) is -1.41. The molecule has 11 rings (SSSR count). The average molecular weight is 1570 g/mol. The molecule has 0 radical (unpaired) electrons. The summed E-state index contributed by atoms with van der Waals surface area (Å²) in [5.41, 5.74) is 6.13. The third-order valence-corrected chi connectivity index (χ3v) is 17.9. The molecule has 550 valence electrons. The van der Waals surface area contributed by atoms with Crippen LogP contribution in [0.2, 0.25) is 0 Å². The van der Waals surface area contributed by atoms with Gasteiger partial charge in [-0.3, -0.25) is 62.8 Å². The molecule has 2 aromatic heterocycles. The van der Waals surface area contributed by atoms with E-state index in [1.807, 2.05) is 43.9 Å². The number of carbonyl (C=O) groups excluding carboxylic acids is 9. The molecule has 9 amide bonds. The number of benzene rings is 5. The van der Waals surface area contributed by atoms with Gasteiger partial charge in [-0.1, -0.05) is 126 Å². The quantitative estimate of drug-likeness (QED) is 0.0665. The van der Waals surface area contributed by atoms with Crippen LogP contribution in [-0.2, 0) is 17.9 Å². The maximum Gasteiger partial charge on any atom is 3.00 e. The SMILES string of the molecule is Nc1nc(OCc2ccc(CNC(=O)CCCCCN3CCN4CCNC(=O)c5cccc(c5[O-])C(=O)NCCN(CCNC(=O)c5cccc(c5[O-])C3=O)CCN3CCNC(=O)c5cccc(c5[O-])C(=O)NCCN(CCNC(=O)c5cccc(c5[O-])C(=O)NCC3)CC4)cc2)c2nc[nH]c2n1.[Tb+3]. The fourth-order valence-electron chi connectivity index (χ4n) is 12.1. The second-order valence-corrected chi connectivity index (χ2v) is 24.9. The Balaban J connectivity index is 0.0000125. The molecular weight excluding hydrogens is 1490 g/mol. The van der Waals surface area contributed by atoms with Gasteiger partial charge >= 0.3 is 38.6 Å². The van der Waals surface area contributed by atoms with Gasteiger partial charge in [0.1, 0.15) is 6.61 Å². The molecule has 12 bridgehead atoms. The number of nitrogens with zero attached hydrogens (tertiary/aromatic N) is 8. The number of rotatable bonds is 11. The van der Waals surface area contributed by atoms with Gasteiger partial charge in [0.15, 0.2) is 11.2 Å². The van der Waals surface area contributed by atoms with E-state index in [1.54, 1.807) is 0 Å². The number of carbonyl (C=O) groups is 9. The van der Waals surface area contributed by atoms with Crippen LogP contribution >= 0.6 is 0 Å². The molecule has 0 saturated carbocycles. The molecular formula is C71H82N18O14Tb-. The number of ether oxygens (including phenoxy) is 1. The number of hydrogen-bond acceptors (Lipinski definition) is 22. The van der Waals surface area contributed by atoms with Crippen LogP contribution in [0.5, 0.6) is 28.9 Å². The van der Waals surface area contributed by atoms with Crippen LogP contribution in [0.15, 0.2) is 103 Å². The number of amides is 9. The third kappa shape index (κ3) is 21.2. The zero-order valence-electron chi connectivity index (χ0n) is 57.1. The van der Waals surface area contributed by atoms with Crippen LogP contribution in [0.3, 0.4) is 0 Å². The minimum absolute atomic E-state index is 0. The molecule has 33 heteroatoms. The normalized spacial score (nSPS) is 19.1. The molecule has 5 aromatic carbocycles. The van der Waals surface area contributed by atoms with E-state index in [-0.39, 0.29) is 258 Å². The van der Waals surface area contributed by atoms with Gasteiger partial charge in [-0.15, -0.1) is 0 Å². The second-order valence-electron chi connectivity index (χ2n) is 24.9. The van der Waals surface area contributed by atoms with Crippen molar-refractivity contribution in [2.45, 2.75) is 38.8 Å². The summed E-state index contributed by atoms with van der Waals surface area (Å²) in [5, 5.41) is 78.6. The molecule has 6 heterocycles. The molecule has 104 heavy (non-hydrogen) atoms. The number of anilines is 1. The first-order valence-electron chi connectivity index (χ1n) is 34.2. The second kappa shape index (κ2) is 38.4. The maximum absolute atomic E-state index is 15.0. The number of H-pyrrole nitrogens is 1. The summed E-state index contributed by atoms with van der Waals surface area (Å²) in [6.07, 6.45) is 2.92. The summed E-state index contributed by atoms with van der Waals surface area (Å²) >= 11 is 0. The maximum atomic E-state index is 15.0. The number of aromatic nitrogens is 4. The first-order valence-corrected chi connectivity index (χ1v) is 34.2. The molecule has 0 spiro atoms.